The van der Waals surface area contributed by atoms with Crippen LogP contribution in [0.2, 0.25) is 0 Å². The summed E-state index contributed by atoms with van der Waals surface area (Å²) in [5.74, 6) is -0.445. The summed E-state index contributed by atoms with van der Waals surface area (Å²) in [6.07, 6.45) is -0.645. The zero-order valence-electron chi connectivity index (χ0n) is 16.7. The van der Waals surface area contributed by atoms with E-state index in [-0.39, 0.29) is 23.7 Å². The predicted octanol–water partition coefficient (Wildman–Crippen LogP) is 2.32. The quantitative estimate of drug-likeness (QED) is 0.456. The molecule has 2 N–H and O–H groups in total. The third kappa shape index (κ3) is 6.26. The lowest BCUT2D eigenvalue weighted by Crippen LogP contribution is -2.25. The molecular formula is C19H23N3O7S. The number of ether oxygens (including phenoxy) is 2. The molecule has 0 saturated carbocycles. The number of hydrogen-bond donors (Lipinski definition) is 2. The van der Waals surface area contributed by atoms with Crippen molar-refractivity contribution in [3.05, 3.63) is 54.1 Å². The molecule has 2 aromatic rings. The molecule has 0 aromatic heterocycles. The first kappa shape index (κ1) is 23.3. The van der Waals surface area contributed by atoms with E-state index in [2.05, 4.69) is 10.6 Å². The molecule has 2 aromatic carbocycles. The lowest BCUT2D eigenvalue weighted by Gasteiger charge is -2.14. The zero-order chi connectivity index (χ0) is 22.1. The van der Waals surface area contributed by atoms with Crippen molar-refractivity contribution in [3.63, 3.8) is 0 Å². The van der Waals surface area contributed by atoms with Crippen molar-refractivity contribution in [3.8, 4) is 0 Å². The molecule has 0 radical (unpaired) electrons. The summed E-state index contributed by atoms with van der Waals surface area (Å²) in [6.45, 7) is 0.399. The van der Waals surface area contributed by atoms with Gasteiger partial charge in [0.1, 0.15) is 6.61 Å². The fourth-order valence-corrected chi connectivity index (χ4v) is 3.25. The number of hydrogen-bond acceptors (Lipinski definition) is 7. The molecule has 30 heavy (non-hydrogen) atoms. The first-order chi connectivity index (χ1) is 14.3. The van der Waals surface area contributed by atoms with Crippen LogP contribution in [-0.4, -0.2) is 59.4 Å². The Bertz CT molecular complexity index is 978. The highest BCUT2D eigenvalue weighted by molar-refractivity contribution is 7.89. The fraction of sp³-hybridized carbons (Fsp3) is 0.263. The zero-order valence-corrected chi connectivity index (χ0v) is 17.6. The molecule has 0 aliphatic rings. The number of benzene rings is 2. The summed E-state index contributed by atoms with van der Waals surface area (Å²) in [7, 11) is 0.207. The van der Waals surface area contributed by atoms with Gasteiger partial charge in [0, 0.05) is 31.1 Å². The number of carbonyl (C=O) groups excluding carboxylic acids is 2. The maximum atomic E-state index is 12.5. The summed E-state index contributed by atoms with van der Waals surface area (Å²) in [4.78, 5) is 28.8. The Balaban J connectivity index is 2.03. The second kappa shape index (κ2) is 10.7. The van der Waals surface area contributed by atoms with Crippen molar-refractivity contribution in [2.45, 2.75) is 4.90 Å². The predicted molar refractivity (Wildman–Crippen MR) is 110 cm³/mol. The second-order valence-corrected chi connectivity index (χ2v) is 7.85. The summed E-state index contributed by atoms with van der Waals surface area (Å²) in [5, 5.41) is 5.22. The van der Waals surface area contributed by atoms with Crippen molar-refractivity contribution in [1.82, 2.24) is 4.47 Å². The molecule has 0 bridgehead atoms. The van der Waals surface area contributed by atoms with Crippen LogP contribution in [0.5, 0.6) is 0 Å². The second-order valence-electron chi connectivity index (χ2n) is 5.91. The SMILES string of the molecule is COCCOC(=O)Nc1cccc(NC(=O)c2ccc(S(=O)(=O)N(C)OC)cc2)c1. The fourth-order valence-electron chi connectivity index (χ4n) is 2.27. The van der Waals surface area contributed by atoms with E-state index in [4.69, 9.17) is 14.3 Å². The summed E-state index contributed by atoms with van der Waals surface area (Å²) in [5.41, 5.74) is 1.12. The van der Waals surface area contributed by atoms with Crippen molar-refractivity contribution in [1.29, 1.82) is 0 Å². The van der Waals surface area contributed by atoms with E-state index in [0.717, 1.165) is 4.47 Å². The van der Waals surface area contributed by atoms with E-state index in [9.17, 15) is 18.0 Å². The number of nitrogens with one attached hydrogen (secondary N) is 2. The number of amides is 2. The molecule has 0 spiro atoms. The Morgan fingerprint density at radius 3 is 2.20 bits per heavy atom. The van der Waals surface area contributed by atoms with Crippen molar-refractivity contribution in [2.24, 2.45) is 0 Å². The Morgan fingerprint density at radius 1 is 0.967 bits per heavy atom. The highest BCUT2D eigenvalue weighted by Crippen LogP contribution is 2.18. The van der Waals surface area contributed by atoms with Crippen LogP contribution in [0.25, 0.3) is 0 Å². The van der Waals surface area contributed by atoms with Crippen LogP contribution in [0, 0.1) is 0 Å². The molecule has 0 aliphatic carbocycles. The molecule has 2 amide bonds. The van der Waals surface area contributed by atoms with Gasteiger partial charge in [-0.25, -0.2) is 13.2 Å². The van der Waals surface area contributed by atoms with Gasteiger partial charge >= 0.3 is 6.09 Å². The summed E-state index contributed by atoms with van der Waals surface area (Å²) in [6, 6.07) is 11.9. The maximum Gasteiger partial charge on any atom is 0.411 e. The molecule has 0 atom stereocenters. The molecule has 0 fully saturated rings. The van der Waals surface area contributed by atoms with E-state index < -0.39 is 22.0 Å². The average Bonchev–Trinajstić information content (AvgIpc) is 2.73. The van der Waals surface area contributed by atoms with Crippen LogP contribution in [0.3, 0.4) is 0 Å². The third-order valence-corrected chi connectivity index (χ3v) is 5.59. The third-order valence-electron chi connectivity index (χ3n) is 3.90. The van der Waals surface area contributed by atoms with E-state index in [1.807, 2.05) is 0 Å². The number of anilines is 2. The number of methoxy groups -OCH3 is 1. The number of hydroxylamine groups is 1. The molecule has 0 aliphatic heterocycles. The van der Waals surface area contributed by atoms with Gasteiger partial charge in [-0.1, -0.05) is 10.5 Å². The monoisotopic (exact) mass is 437 g/mol. The largest absolute Gasteiger partial charge is 0.447 e. The minimum Gasteiger partial charge on any atom is -0.447 e. The molecular weight excluding hydrogens is 414 g/mol. The van der Waals surface area contributed by atoms with Crippen LogP contribution < -0.4 is 10.6 Å². The van der Waals surface area contributed by atoms with Gasteiger partial charge in [0.15, 0.2) is 0 Å². The van der Waals surface area contributed by atoms with Gasteiger partial charge in [0.05, 0.1) is 18.6 Å². The lowest BCUT2D eigenvalue weighted by atomic mass is 10.2. The first-order valence-electron chi connectivity index (χ1n) is 8.75. The summed E-state index contributed by atoms with van der Waals surface area (Å²) < 4.78 is 34.8. The first-order valence-corrected chi connectivity index (χ1v) is 10.2. The Labute approximate surface area is 174 Å². The normalized spacial score (nSPS) is 11.2. The lowest BCUT2D eigenvalue weighted by molar-refractivity contribution is -0.0258. The van der Waals surface area contributed by atoms with Crippen molar-refractivity contribution in [2.75, 3.05) is 45.1 Å². The number of nitrogens with zero attached hydrogens (tertiary/aromatic N) is 1. The number of rotatable bonds is 9. The minimum absolute atomic E-state index is 0.0124. The van der Waals surface area contributed by atoms with Gasteiger partial charge in [-0.15, -0.1) is 0 Å². The molecule has 0 unspecified atom stereocenters. The van der Waals surface area contributed by atoms with Crippen molar-refractivity contribution >= 4 is 33.4 Å². The van der Waals surface area contributed by atoms with E-state index in [1.54, 1.807) is 24.3 Å². The summed E-state index contributed by atoms with van der Waals surface area (Å²) >= 11 is 0. The molecule has 10 nitrogen and oxygen atoms in total. The van der Waals surface area contributed by atoms with E-state index in [1.165, 1.54) is 45.5 Å². The van der Waals surface area contributed by atoms with Gasteiger partial charge in [-0.05, 0) is 42.5 Å². The Morgan fingerprint density at radius 2 is 1.60 bits per heavy atom. The van der Waals surface area contributed by atoms with Gasteiger partial charge < -0.3 is 14.8 Å². The molecule has 0 heterocycles. The van der Waals surface area contributed by atoms with Gasteiger partial charge in [0.25, 0.3) is 15.9 Å². The Hall–Kier alpha value is -2.99. The number of carbonyl (C=O) groups is 2. The number of sulfonamides is 1. The van der Waals surface area contributed by atoms with Crippen LogP contribution in [-0.2, 0) is 24.3 Å². The van der Waals surface area contributed by atoms with Crippen LogP contribution in [0.15, 0.2) is 53.4 Å². The van der Waals surface area contributed by atoms with E-state index >= 15 is 0 Å². The molecule has 162 valence electrons. The van der Waals surface area contributed by atoms with Crippen LogP contribution in [0.1, 0.15) is 10.4 Å². The van der Waals surface area contributed by atoms with Gasteiger partial charge in [-0.2, -0.15) is 0 Å². The highest BCUT2D eigenvalue weighted by Gasteiger charge is 2.21. The van der Waals surface area contributed by atoms with Gasteiger partial charge in [0.2, 0.25) is 0 Å². The van der Waals surface area contributed by atoms with E-state index in [0.29, 0.717) is 11.4 Å². The smallest absolute Gasteiger partial charge is 0.411 e. The van der Waals surface area contributed by atoms with Crippen molar-refractivity contribution < 1.29 is 32.3 Å². The molecule has 0 saturated heterocycles. The maximum absolute atomic E-state index is 12.5. The molecule has 11 heteroatoms. The average molecular weight is 437 g/mol. The standard InChI is InChI=1S/C19H23N3O7S/c1-22(28-3)30(25,26)17-9-7-14(8-10-17)18(23)20-15-5-4-6-16(13-15)21-19(24)29-12-11-27-2/h4-10,13H,11-12H2,1-3H3,(H,20,23)(H,21,24). The van der Waals surface area contributed by atoms with Crippen LogP contribution >= 0.6 is 0 Å². The van der Waals surface area contributed by atoms with Gasteiger partial charge in [-0.3, -0.25) is 14.9 Å². The minimum atomic E-state index is -3.80. The molecule has 2 rings (SSSR count). The van der Waals surface area contributed by atoms with Crippen LogP contribution in [0.4, 0.5) is 16.2 Å². The highest BCUT2D eigenvalue weighted by atomic mass is 32.2. The topological polar surface area (TPSA) is 123 Å². The Kier molecular flexibility index (Phi) is 8.30.